The van der Waals surface area contributed by atoms with E-state index in [4.69, 9.17) is 0 Å². The average molecular weight is 283 g/mol. The molecule has 3 unspecified atom stereocenters. The monoisotopic (exact) mass is 283 g/mol. The molecule has 4 nitrogen and oxygen atoms in total. The summed E-state index contributed by atoms with van der Waals surface area (Å²) in [4.78, 5) is 7.50. The molecule has 110 valence electrons. The normalized spacial score (nSPS) is 40.8. The molecule has 0 saturated heterocycles. The summed E-state index contributed by atoms with van der Waals surface area (Å²) in [5, 5.41) is 16.0. The van der Waals surface area contributed by atoms with E-state index in [-0.39, 0.29) is 6.04 Å². The first-order chi connectivity index (χ1) is 10.2. The maximum absolute atomic E-state index is 11.2. The van der Waals surface area contributed by atoms with Crippen LogP contribution in [0.2, 0.25) is 0 Å². The highest BCUT2D eigenvalue weighted by Crippen LogP contribution is 2.56. The summed E-state index contributed by atoms with van der Waals surface area (Å²) in [6.45, 7) is 0. The molecule has 4 heteroatoms. The standard InChI is InChI=1S/C17H21N3O/c21-17-8-10-5-11(9-17)7-12(6-10)15(17)20-14-2-4-19-16-13(14)1-3-18-16/h1-4,10-12,15,21H,5-9H2,(H2,18,19,20). The van der Waals surface area contributed by atoms with E-state index in [1.165, 1.54) is 19.3 Å². The van der Waals surface area contributed by atoms with Crippen molar-refractivity contribution in [2.75, 3.05) is 5.32 Å². The maximum atomic E-state index is 11.2. The lowest BCUT2D eigenvalue weighted by molar-refractivity contribution is -0.133. The van der Waals surface area contributed by atoms with Crippen molar-refractivity contribution in [1.82, 2.24) is 9.97 Å². The number of anilines is 1. The second-order valence-electron chi connectivity index (χ2n) is 7.43. The molecule has 0 aromatic carbocycles. The number of nitrogens with zero attached hydrogens (tertiary/aromatic N) is 1. The second kappa shape index (κ2) is 4.01. The lowest BCUT2D eigenvalue weighted by atomic mass is 9.52. The molecule has 3 atom stereocenters. The van der Waals surface area contributed by atoms with E-state index < -0.39 is 5.60 Å². The van der Waals surface area contributed by atoms with Gasteiger partial charge >= 0.3 is 0 Å². The van der Waals surface area contributed by atoms with Crippen LogP contribution in [0, 0.1) is 17.8 Å². The van der Waals surface area contributed by atoms with Gasteiger partial charge in [0, 0.05) is 23.5 Å². The van der Waals surface area contributed by atoms with Crippen molar-refractivity contribution in [2.24, 2.45) is 17.8 Å². The second-order valence-corrected chi connectivity index (χ2v) is 7.43. The number of rotatable bonds is 2. The van der Waals surface area contributed by atoms with Gasteiger partial charge in [0.25, 0.3) is 0 Å². The van der Waals surface area contributed by atoms with Gasteiger partial charge in [-0.1, -0.05) is 0 Å². The zero-order valence-electron chi connectivity index (χ0n) is 12.0. The molecule has 0 amide bonds. The quantitative estimate of drug-likeness (QED) is 0.794. The van der Waals surface area contributed by atoms with Gasteiger partial charge in [0.05, 0.1) is 11.6 Å². The molecule has 4 fully saturated rings. The molecule has 6 rings (SSSR count). The number of aromatic nitrogens is 2. The van der Waals surface area contributed by atoms with Crippen LogP contribution in [-0.4, -0.2) is 26.7 Å². The Labute approximate surface area is 124 Å². The number of H-pyrrole nitrogens is 1. The van der Waals surface area contributed by atoms with E-state index in [2.05, 4.69) is 21.4 Å². The average Bonchev–Trinajstić information content (AvgIpc) is 2.90. The largest absolute Gasteiger partial charge is 0.388 e. The molecule has 2 aromatic heterocycles. The van der Waals surface area contributed by atoms with Crippen LogP contribution >= 0.6 is 0 Å². The van der Waals surface area contributed by atoms with E-state index in [0.717, 1.165) is 41.4 Å². The Balaban J connectivity index is 1.52. The molecule has 4 bridgehead atoms. The van der Waals surface area contributed by atoms with Crippen LogP contribution < -0.4 is 5.32 Å². The fourth-order valence-corrected chi connectivity index (χ4v) is 5.50. The molecule has 4 saturated carbocycles. The first-order valence-corrected chi connectivity index (χ1v) is 8.12. The highest BCUT2D eigenvalue weighted by Gasteiger charge is 2.56. The molecule has 4 aliphatic carbocycles. The van der Waals surface area contributed by atoms with Crippen LogP contribution in [0.5, 0.6) is 0 Å². The summed E-state index contributed by atoms with van der Waals surface area (Å²) in [6, 6.07) is 4.29. The fraction of sp³-hybridized carbons (Fsp3) is 0.588. The third kappa shape index (κ3) is 1.68. The van der Waals surface area contributed by atoms with Gasteiger partial charge in [-0.05, 0) is 62.0 Å². The molecule has 21 heavy (non-hydrogen) atoms. The van der Waals surface area contributed by atoms with Gasteiger partial charge in [-0.3, -0.25) is 0 Å². The van der Waals surface area contributed by atoms with Gasteiger partial charge in [0.15, 0.2) is 0 Å². The van der Waals surface area contributed by atoms with Crippen LogP contribution in [0.4, 0.5) is 5.69 Å². The van der Waals surface area contributed by atoms with Gasteiger partial charge in [-0.2, -0.15) is 0 Å². The molecule has 0 radical (unpaired) electrons. The molecule has 0 spiro atoms. The molecular formula is C17H21N3O. The number of aliphatic hydroxyl groups is 1. The van der Waals surface area contributed by atoms with Crippen molar-refractivity contribution in [2.45, 2.75) is 43.7 Å². The van der Waals surface area contributed by atoms with Gasteiger partial charge in [0.1, 0.15) is 5.65 Å². The summed E-state index contributed by atoms with van der Waals surface area (Å²) in [5.74, 6) is 2.15. The lowest BCUT2D eigenvalue weighted by Crippen LogP contribution is -2.63. The van der Waals surface area contributed by atoms with Crippen LogP contribution in [0.1, 0.15) is 32.1 Å². The number of hydrogen-bond donors (Lipinski definition) is 3. The van der Waals surface area contributed by atoms with E-state index >= 15 is 0 Å². The van der Waals surface area contributed by atoms with Crippen molar-refractivity contribution in [3.05, 3.63) is 24.5 Å². The minimum Gasteiger partial charge on any atom is -0.388 e. The Bertz CT molecular complexity index is 680. The molecular weight excluding hydrogens is 262 g/mol. The predicted octanol–water partition coefficient (Wildman–Crippen LogP) is 2.91. The fourth-order valence-electron chi connectivity index (χ4n) is 5.50. The first-order valence-electron chi connectivity index (χ1n) is 8.12. The van der Waals surface area contributed by atoms with E-state index in [1.54, 1.807) is 0 Å². The lowest BCUT2D eigenvalue weighted by Gasteiger charge is -2.59. The Morgan fingerprint density at radius 2 is 2.00 bits per heavy atom. The summed E-state index contributed by atoms with van der Waals surface area (Å²) in [5.41, 5.74) is 1.52. The zero-order chi connectivity index (χ0) is 14.0. The van der Waals surface area contributed by atoms with Gasteiger partial charge < -0.3 is 15.4 Å². The molecule has 2 heterocycles. The summed E-state index contributed by atoms with van der Waals surface area (Å²) >= 11 is 0. The Hall–Kier alpha value is -1.55. The maximum Gasteiger partial charge on any atom is 0.139 e. The Morgan fingerprint density at radius 1 is 1.19 bits per heavy atom. The van der Waals surface area contributed by atoms with Crippen molar-refractivity contribution >= 4 is 16.7 Å². The van der Waals surface area contributed by atoms with Crippen molar-refractivity contribution in [3.8, 4) is 0 Å². The number of nitrogens with one attached hydrogen (secondary N) is 2. The number of fused-ring (bicyclic) bond motifs is 1. The minimum atomic E-state index is -0.499. The van der Waals surface area contributed by atoms with Crippen LogP contribution in [0.3, 0.4) is 0 Å². The van der Waals surface area contributed by atoms with Crippen molar-refractivity contribution in [1.29, 1.82) is 0 Å². The number of aromatic amines is 1. The smallest absolute Gasteiger partial charge is 0.139 e. The molecule has 3 N–H and O–H groups in total. The van der Waals surface area contributed by atoms with Gasteiger partial charge in [0.2, 0.25) is 0 Å². The van der Waals surface area contributed by atoms with Gasteiger partial charge in [-0.25, -0.2) is 4.98 Å². The zero-order valence-corrected chi connectivity index (χ0v) is 12.0. The van der Waals surface area contributed by atoms with Crippen LogP contribution in [0.15, 0.2) is 24.5 Å². The number of pyridine rings is 1. The van der Waals surface area contributed by atoms with Crippen LogP contribution in [-0.2, 0) is 0 Å². The Kier molecular flexibility index (Phi) is 2.30. The third-order valence-corrected chi connectivity index (χ3v) is 6.04. The minimum absolute atomic E-state index is 0.200. The van der Waals surface area contributed by atoms with Gasteiger partial charge in [-0.15, -0.1) is 0 Å². The number of hydrogen-bond acceptors (Lipinski definition) is 3. The SMILES string of the molecule is OC12CC3CC(CC(C3)C1Nc1ccnc3[nH]ccc13)C2. The molecule has 4 aliphatic rings. The summed E-state index contributed by atoms with van der Waals surface area (Å²) in [7, 11) is 0. The Morgan fingerprint density at radius 3 is 2.76 bits per heavy atom. The first kappa shape index (κ1) is 12.0. The predicted molar refractivity (Wildman–Crippen MR) is 82.0 cm³/mol. The van der Waals surface area contributed by atoms with E-state index in [0.29, 0.717) is 5.92 Å². The summed E-state index contributed by atoms with van der Waals surface area (Å²) < 4.78 is 0. The topological polar surface area (TPSA) is 60.9 Å². The highest BCUT2D eigenvalue weighted by molar-refractivity contribution is 5.89. The van der Waals surface area contributed by atoms with Crippen molar-refractivity contribution < 1.29 is 5.11 Å². The molecule has 2 aromatic rings. The third-order valence-electron chi connectivity index (χ3n) is 6.04. The summed E-state index contributed by atoms with van der Waals surface area (Å²) in [6.07, 6.45) is 9.66. The van der Waals surface area contributed by atoms with Crippen molar-refractivity contribution in [3.63, 3.8) is 0 Å². The van der Waals surface area contributed by atoms with Crippen LogP contribution in [0.25, 0.3) is 11.0 Å². The molecule has 0 aliphatic heterocycles. The van der Waals surface area contributed by atoms with E-state index in [9.17, 15) is 5.11 Å². The van der Waals surface area contributed by atoms with E-state index in [1.807, 2.05) is 18.5 Å². The highest BCUT2D eigenvalue weighted by atomic mass is 16.3.